The first kappa shape index (κ1) is 30.1. The van der Waals surface area contributed by atoms with Crippen molar-refractivity contribution in [3.05, 3.63) is 125 Å². The lowest BCUT2D eigenvalue weighted by Crippen LogP contribution is -2.26. The first-order valence-electron chi connectivity index (χ1n) is 13.6. The van der Waals surface area contributed by atoms with Crippen LogP contribution < -0.4 is 0 Å². The predicted octanol–water partition coefficient (Wildman–Crippen LogP) is 8.20. The Balaban J connectivity index is 1.72. The molecule has 1 amide bonds. The number of aromatic nitrogens is 2. The van der Waals surface area contributed by atoms with Crippen molar-refractivity contribution < 1.29 is 13.6 Å². The Morgan fingerprint density at radius 2 is 1.90 bits per heavy atom. The number of H-pyrrole nitrogens is 1. The molecule has 0 aliphatic carbocycles. The third-order valence-electron chi connectivity index (χ3n) is 7.41. The summed E-state index contributed by atoms with van der Waals surface area (Å²) in [4.78, 5) is 21.6. The zero-order chi connectivity index (χ0) is 30.7. The van der Waals surface area contributed by atoms with Crippen molar-refractivity contribution >= 4 is 29.2 Å². The molecule has 0 fully saturated rings. The van der Waals surface area contributed by atoms with Gasteiger partial charge < -0.3 is 9.88 Å². The summed E-state index contributed by atoms with van der Waals surface area (Å²) in [6, 6.07) is 15.3. The van der Waals surface area contributed by atoms with Gasteiger partial charge in [-0.2, -0.15) is 14.0 Å². The molecule has 0 spiro atoms. The zero-order valence-corrected chi connectivity index (χ0v) is 24.3. The molecule has 3 aromatic rings. The van der Waals surface area contributed by atoms with E-state index in [1.807, 2.05) is 62.4 Å². The summed E-state index contributed by atoms with van der Waals surface area (Å²) in [5.74, 6) is -3.08. The Bertz CT molecular complexity index is 1660. The number of carbonyl (C=O) groups is 1. The van der Waals surface area contributed by atoms with E-state index in [9.17, 15) is 18.8 Å². The average Bonchev–Trinajstić information content (AvgIpc) is 3.34. The minimum absolute atomic E-state index is 0.0398. The van der Waals surface area contributed by atoms with Gasteiger partial charge in [-0.3, -0.25) is 9.78 Å². The largest absolute Gasteiger partial charge is 0.357 e. The molecule has 0 unspecified atom stereocenters. The number of halogens is 2. The molecule has 0 atom stereocenters. The fraction of sp³-hybridized carbons (Fsp3) is 0.229. The van der Waals surface area contributed by atoms with Crippen LogP contribution in [0.2, 0.25) is 0 Å². The second-order valence-electron chi connectivity index (χ2n) is 10.9. The van der Waals surface area contributed by atoms with Crippen LogP contribution in [0.1, 0.15) is 66.0 Å². The number of hydrogen-bond acceptors (Lipinski definition) is 3. The summed E-state index contributed by atoms with van der Waals surface area (Å²) in [6.45, 7) is 12.9. The molecular weight excluding hydrogens is 530 g/mol. The summed E-state index contributed by atoms with van der Waals surface area (Å²) in [5.41, 5.74) is 6.12. The average molecular weight is 565 g/mol. The van der Waals surface area contributed by atoms with Crippen LogP contribution in [0, 0.1) is 18.3 Å². The number of amides is 1. The molecule has 42 heavy (non-hydrogen) atoms. The van der Waals surface area contributed by atoms with E-state index in [4.69, 9.17) is 0 Å². The highest BCUT2D eigenvalue weighted by Gasteiger charge is 2.32. The van der Waals surface area contributed by atoms with E-state index in [2.05, 4.69) is 29.2 Å². The monoisotopic (exact) mass is 564 g/mol. The molecule has 7 heteroatoms. The molecule has 1 N–H and O–H groups in total. The van der Waals surface area contributed by atoms with Crippen LogP contribution in [-0.4, -0.2) is 27.8 Å². The third kappa shape index (κ3) is 6.39. The van der Waals surface area contributed by atoms with Gasteiger partial charge in [0.15, 0.2) is 0 Å². The SMILES string of the molecule is C=CCC(F)(F)c1cc(/C=C(\C=C)c2ccnc(C3=CN(C)C(=O)C/C3=C/c3ccc(C(C)(C)C#N)cc3)c2)c(C)[nH]1. The number of nitrogens with one attached hydrogen (secondary N) is 1. The van der Waals surface area contributed by atoms with Gasteiger partial charge in [0.1, 0.15) is 0 Å². The first-order valence-corrected chi connectivity index (χ1v) is 13.6. The fourth-order valence-electron chi connectivity index (χ4n) is 4.75. The number of hydrogen-bond donors (Lipinski definition) is 1. The maximum absolute atomic E-state index is 14.5. The number of benzene rings is 1. The molecule has 5 nitrogen and oxygen atoms in total. The number of allylic oxidation sites excluding steroid dienone is 4. The molecule has 2 aromatic heterocycles. The van der Waals surface area contributed by atoms with E-state index < -0.39 is 17.8 Å². The second kappa shape index (κ2) is 12.0. The summed E-state index contributed by atoms with van der Waals surface area (Å²) >= 11 is 0. The molecule has 3 heterocycles. The smallest absolute Gasteiger partial charge is 0.290 e. The van der Waals surface area contributed by atoms with Gasteiger partial charge >= 0.3 is 0 Å². The second-order valence-corrected chi connectivity index (χ2v) is 10.9. The van der Waals surface area contributed by atoms with E-state index in [0.29, 0.717) is 17.0 Å². The lowest BCUT2D eigenvalue weighted by Gasteiger charge is -2.24. The maximum Gasteiger partial charge on any atom is 0.290 e. The van der Waals surface area contributed by atoms with Crippen molar-refractivity contribution in [2.45, 2.75) is 45.0 Å². The lowest BCUT2D eigenvalue weighted by molar-refractivity contribution is -0.127. The molecule has 4 rings (SSSR count). The molecule has 0 bridgehead atoms. The van der Waals surface area contributed by atoms with Crippen molar-refractivity contribution in [3.63, 3.8) is 0 Å². The normalized spacial score (nSPS) is 15.4. The van der Waals surface area contributed by atoms with Gasteiger partial charge in [0.2, 0.25) is 5.91 Å². The predicted molar refractivity (Wildman–Crippen MR) is 165 cm³/mol. The summed E-state index contributed by atoms with van der Waals surface area (Å²) in [6.07, 6.45) is 9.87. The number of aromatic amines is 1. The van der Waals surface area contributed by atoms with Crippen LogP contribution in [0.4, 0.5) is 8.78 Å². The van der Waals surface area contributed by atoms with E-state index in [1.54, 1.807) is 37.3 Å². The van der Waals surface area contributed by atoms with E-state index in [1.165, 1.54) is 12.1 Å². The molecule has 1 aliphatic rings. The molecular formula is C35H34F2N4O. The minimum atomic E-state index is -3.04. The Morgan fingerprint density at radius 3 is 2.55 bits per heavy atom. The van der Waals surface area contributed by atoms with Gasteiger partial charge in [-0.25, -0.2) is 0 Å². The number of nitriles is 1. The highest BCUT2D eigenvalue weighted by molar-refractivity contribution is 5.96. The van der Waals surface area contributed by atoms with Gasteiger partial charge in [0, 0.05) is 37.1 Å². The van der Waals surface area contributed by atoms with Crippen molar-refractivity contribution in [2.24, 2.45) is 0 Å². The van der Waals surface area contributed by atoms with Crippen LogP contribution in [0.15, 0.2) is 85.7 Å². The molecule has 214 valence electrons. The van der Waals surface area contributed by atoms with Crippen LogP contribution in [0.3, 0.4) is 0 Å². The van der Waals surface area contributed by atoms with Gasteiger partial charge in [0.05, 0.1) is 29.3 Å². The van der Waals surface area contributed by atoms with Crippen LogP contribution in [-0.2, 0) is 16.1 Å². The maximum atomic E-state index is 14.5. The number of aryl methyl sites for hydroxylation is 1. The molecule has 1 aliphatic heterocycles. The van der Waals surface area contributed by atoms with Crippen LogP contribution in [0.5, 0.6) is 0 Å². The van der Waals surface area contributed by atoms with Gasteiger partial charge in [0.25, 0.3) is 5.92 Å². The number of carbonyl (C=O) groups excluding carboxylic acids is 1. The Hall–Kier alpha value is -4.83. The van der Waals surface area contributed by atoms with E-state index >= 15 is 0 Å². The van der Waals surface area contributed by atoms with Crippen LogP contribution in [0.25, 0.3) is 23.3 Å². The molecule has 1 aromatic carbocycles. The third-order valence-corrected chi connectivity index (χ3v) is 7.41. The van der Waals surface area contributed by atoms with Crippen molar-refractivity contribution in [1.29, 1.82) is 5.26 Å². The highest BCUT2D eigenvalue weighted by Crippen LogP contribution is 2.35. The summed E-state index contributed by atoms with van der Waals surface area (Å²) in [7, 11) is 1.71. The van der Waals surface area contributed by atoms with Gasteiger partial charge in [-0.15, -0.1) is 6.58 Å². The Kier molecular flexibility index (Phi) is 8.58. The molecule has 0 saturated heterocycles. The first-order chi connectivity index (χ1) is 19.9. The zero-order valence-electron chi connectivity index (χ0n) is 24.3. The van der Waals surface area contributed by atoms with Crippen LogP contribution >= 0.6 is 0 Å². The van der Waals surface area contributed by atoms with Gasteiger partial charge in [-0.1, -0.05) is 49.1 Å². The number of pyridine rings is 1. The Labute approximate surface area is 245 Å². The molecule has 0 radical (unpaired) electrons. The number of rotatable bonds is 9. The van der Waals surface area contributed by atoms with Crippen molar-refractivity contribution in [2.75, 3.05) is 7.05 Å². The number of alkyl halides is 2. The quantitative estimate of drug-likeness (QED) is 0.210. The summed E-state index contributed by atoms with van der Waals surface area (Å²) < 4.78 is 29.0. The van der Waals surface area contributed by atoms with E-state index in [-0.39, 0.29) is 18.0 Å². The molecule has 0 saturated carbocycles. The number of nitrogens with zero attached hydrogens (tertiary/aromatic N) is 3. The highest BCUT2D eigenvalue weighted by atomic mass is 19.3. The fourth-order valence-corrected chi connectivity index (χ4v) is 4.75. The topological polar surface area (TPSA) is 72.8 Å². The van der Waals surface area contributed by atoms with Crippen molar-refractivity contribution in [1.82, 2.24) is 14.9 Å². The summed E-state index contributed by atoms with van der Waals surface area (Å²) in [5, 5.41) is 9.46. The standard InChI is InChI=1S/C35H34F2N4O/c1-7-14-35(36,37)32-19-27(23(3)40-32)17-25(8-2)26-13-15-39-31(18-26)30-21-41(6)33(42)20-28(30)16-24-9-11-29(12-10-24)34(4,5)22-38/h7-13,15-19,21,40H,1-2,14,20H2,3-6H3/b25-17+,28-16-. The van der Waals surface area contributed by atoms with Gasteiger partial charge in [-0.05, 0) is 78.4 Å². The lowest BCUT2D eigenvalue weighted by atomic mass is 9.85. The Morgan fingerprint density at radius 1 is 1.19 bits per heavy atom. The van der Waals surface area contributed by atoms with Crippen molar-refractivity contribution in [3.8, 4) is 6.07 Å². The minimum Gasteiger partial charge on any atom is -0.357 e. The van der Waals surface area contributed by atoms with E-state index in [0.717, 1.165) is 33.4 Å².